The Labute approximate surface area is 168 Å². The van der Waals surface area contributed by atoms with Crippen LogP contribution in [0.4, 0.5) is 10.7 Å². The zero-order valence-corrected chi connectivity index (χ0v) is 16.9. The molecule has 0 atom stereocenters. The quantitative estimate of drug-likeness (QED) is 0.433. The monoisotopic (exact) mass is 402 g/mol. The van der Waals surface area contributed by atoms with Gasteiger partial charge in [-0.05, 0) is 44.9 Å². The fourth-order valence-electron chi connectivity index (χ4n) is 3.06. The highest BCUT2D eigenvalue weighted by Crippen LogP contribution is 2.32. The van der Waals surface area contributed by atoms with E-state index in [-0.39, 0.29) is 12.4 Å². The third-order valence-electron chi connectivity index (χ3n) is 4.47. The van der Waals surface area contributed by atoms with E-state index in [0.717, 1.165) is 29.1 Å². The van der Waals surface area contributed by atoms with E-state index in [1.807, 2.05) is 25.1 Å². The number of hydrogen-bond acceptors (Lipinski definition) is 6. The van der Waals surface area contributed by atoms with E-state index in [4.69, 9.17) is 15.3 Å². The van der Waals surface area contributed by atoms with Crippen molar-refractivity contribution in [2.75, 3.05) is 10.6 Å². The zero-order valence-electron chi connectivity index (χ0n) is 16.1. The van der Waals surface area contributed by atoms with Gasteiger partial charge in [0.1, 0.15) is 0 Å². The van der Waals surface area contributed by atoms with Crippen molar-refractivity contribution in [3.8, 4) is 0 Å². The lowest BCUT2D eigenvalue weighted by Crippen LogP contribution is -2.22. The second kappa shape index (κ2) is 10.6. The van der Waals surface area contributed by atoms with Crippen molar-refractivity contribution in [2.24, 2.45) is 0 Å². The lowest BCUT2D eigenvalue weighted by molar-refractivity contribution is -0.122. The lowest BCUT2D eigenvalue weighted by Gasteiger charge is -2.23. The number of pyridine rings is 1. The van der Waals surface area contributed by atoms with Crippen LogP contribution in [0, 0.1) is 12.3 Å². The number of anilines is 2. The SMILES string of the molecule is CC(=N)c1cc(C(=O)Nc2ccc(C)nc2)sc1NC1CCCCC1.O=CO. The summed E-state index contributed by atoms with van der Waals surface area (Å²) in [6, 6.07) is 5.97. The number of thiophene rings is 1. The van der Waals surface area contributed by atoms with Crippen LogP contribution in [-0.4, -0.2) is 34.2 Å². The van der Waals surface area contributed by atoms with E-state index in [0.29, 0.717) is 22.3 Å². The Kier molecular flexibility index (Phi) is 8.13. The van der Waals surface area contributed by atoms with Gasteiger partial charge in [0.25, 0.3) is 12.4 Å². The highest BCUT2D eigenvalue weighted by Gasteiger charge is 2.20. The Morgan fingerprint density at radius 3 is 2.57 bits per heavy atom. The summed E-state index contributed by atoms with van der Waals surface area (Å²) in [5.41, 5.74) is 2.89. The summed E-state index contributed by atoms with van der Waals surface area (Å²) in [5, 5.41) is 22.3. The Balaban J connectivity index is 0.000000878. The number of nitrogens with one attached hydrogen (secondary N) is 3. The number of hydrogen-bond donors (Lipinski definition) is 4. The van der Waals surface area contributed by atoms with Crippen LogP contribution in [-0.2, 0) is 4.79 Å². The van der Waals surface area contributed by atoms with Gasteiger partial charge in [-0.3, -0.25) is 14.6 Å². The van der Waals surface area contributed by atoms with Gasteiger partial charge in [0, 0.05) is 23.0 Å². The van der Waals surface area contributed by atoms with Crippen molar-refractivity contribution in [1.29, 1.82) is 5.41 Å². The third-order valence-corrected chi connectivity index (χ3v) is 5.53. The highest BCUT2D eigenvalue weighted by molar-refractivity contribution is 7.18. The molecule has 150 valence electrons. The molecule has 0 spiro atoms. The van der Waals surface area contributed by atoms with Crippen molar-refractivity contribution in [3.05, 3.63) is 40.5 Å². The maximum atomic E-state index is 12.6. The van der Waals surface area contributed by atoms with Crippen molar-refractivity contribution < 1.29 is 14.7 Å². The molecular weight excluding hydrogens is 376 g/mol. The summed E-state index contributed by atoms with van der Waals surface area (Å²) in [5.74, 6) is -0.158. The Hall–Kier alpha value is -2.74. The first-order valence-corrected chi connectivity index (χ1v) is 10.0. The summed E-state index contributed by atoms with van der Waals surface area (Å²) >= 11 is 1.43. The molecule has 0 aromatic carbocycles. The van der Waals surface area contributed by atoms with Crippen LogP contribution in [0.25, 0.3) is 0 Å². The van der Waals surface area contributed by atoms with Crippen molar-refractivity contribution in [2.45, 2.75) is 52.0 Å². The van der Waals surface area contributed by atoms with Gasteiger partial charge in [0.05, 0.1) is 21.8 Å². The predicted molar refractivity (Wildman–Crippen MR) is 113 cm³/mol. The van der Waals surface area contributed by atoms with Gasteiger partial charge in [-0.2, -0.15) is 0 Å². The number of aryl methyl sites for hydroxylation is 1. The topological polar surface area (TPSA) is 115 Å². The van der Waals surface area contributed by atoms with Gasteiger partial charge >= 0.3 is 0 Å². The molecule has 1 amide bonds. The summed E-state index contributed by atoms with van der Waals surface area (Å²) in [4.78, 5) is 25.7. The minimum atomic E-state index is -0.250. The number of carboxylic acid groups (broad SMARTS) is 1. The number of amides is 1. The van der Waals surface area contributed by atoms with Crippen LogP contribution in [0.2, 0.25) is 0 Å². The summed E-state index contributed by atoms with van der Waals surface area (Å²) < 4.78 is 0. The van der Waals surface area contributed by atoms with Gasteiger partial charge in [-0.1, -0.05) is 19.3 Å². The van der Waals surface area contributed by atoms with Crippen LogP contribution >= 0.6 is 11.3 Å². The Morgan fingerprint density at radius 1 is 1.32 bits per heavy atom. The van der Waals surface area contributed by atoms with Crippen molar-refractivity contribution in [3.63, 3.8) is 0 Å². The molecule has 0 aliphatic heterocycles. The minimum absolute atomic E-state index is 0.158. The molecule has 1 aliphatic rings. The average Bonchev–Trinajstić information content (AvgIpc) is 3.09. The van der Waals surface area contributed by atoms with E-state index >= 15 is 0 Å². The Bertz CT molecular complexity index is 811. The van der Waals surface area contributed by atoms with Crippen LogP contribution in [0.15, 0.2) is 24.4 Å². The number of carbonyl (C=O) groups excluding carboxylic acids is 1. The fraction of sp³-hybridized carbons (Fsp3) is 0.400. The van der Waals surface area contributed by atoms with Gasteiger partial charge in [0.2, 0.25) is 0 Å². The summed E-state index contributed by atoms with van der Waals surface area (Å²) in [6.07, 6.45) is 7.77. The van der Waals surface area contributed by atoms with Crippen LogP contribution < -0.4 is 10.6 Å². The highest BCUT2D eigenvalue weighted by atomic mass is 32.1. The second-order valence-electron chi connectivity index (χ2n) is 6.71. The molecule has 3 rings (SSSR count). The molecule has 7 nitrogen and oxygen atoms in total. The van der Waals surface area contributed by atoms with Gasteiger partial charge in [-0.15, -0.1) is 11.3 Å². The summed E-state index contributed by atoms with van der Waals surface area (Å²) in [7, 11) is 0. The molecule has 4 N–H and O–H groups in total. The number of carbonyl (C=O) groups is 2. The number of aromatic nitrogens is 1. The molecule has 1 saturated carbocycles. The number of rotatable bonds is 5. The number of nitrogens with zero attached hydrogens (tertiary/aromatic N) is 1. The van der Waals surface area contributed by atoms with E-state index in [1.165, 1.54) is 30.6 Å². The fourth-order valence-corrected chi connectivity index (χ4v) is 4.14. The van der Waals surface area contributed by atoms with E-state index in [2.05, 4.69) is 15.6 Å². The van der Waals surface area contributed by atoms with E-state index < -0.39 is 0 Å². The van der Waals surface area contributed by atoms with Gasteiger partial charge in [0.15, 0.2) is 0 Å². The first-order valence-electron chi connectivity index (χ1n) is 9.22. The average molecular weight is 403 g/mol. The van der Waals surface area contributed by atoms with Gasteiger partial charge in [-0.25, -0.2) is 0 Å². The first-order chi connectivity index (χ1) is 13.4. The van der Waals surface area contributed by atoms with Crippen LogP contribution in [0.3, 0.4) is 0 Å². The molecule has 28 heavy (non-hydrogen) atoms. The van der Waals surface area contributed by atoms with E-state index in [1.54, 1.807) is 13.1 Å². The molecule has 2 aromatic rings. The molecule has 0 bridgehead atoms. The first kappa shape index (κ1) is 21.6. The van der Waals surface area contributed by atoms with Crippen molar-refractivity contribution in [1.82, 2.24) is 4.98 Å². The van der Waals surface area contributed by atoms with Crippen LogP contribution in [0.5, 0.6) is 0 Å². The van der Waals surface area contributed by atoms with Crippen molar-refractivity contribution >= 4 is 40.1 Å². The largest absolute Gasteiger partial charge is 0.483 e. The maximum Gasteiger partial charge on any atom is 0.290 e. The summed E-state index contributed by atoms with van der Waals surface area (Å²) in [6.45, 7) is 3.42. The predicted octanol–water partition coefficient (Wildman–Crippen LogP) is 4.54. The minimum Gasteiger partial charge on any atom is -0.483 e. The molecule has 2 heterocycles. The molecule has 2 aromatic heterocycles. The van der Waals surface area contributed by atoms with Gasteiger partial charge < -0.3 is 21.1 Å². The van der Waals surface area contributed by atoms with E-state index in [9.17, 15) is 4.79 Å². The third kappa shape index (κ3) is 6.16. The molecule has 0 radical (unpaired) electrons. The van der Waals surface area contributed by atoms with Crippen LogP contribution in [0.1, 0.15) is 60.0 Å². The molecular formula is C20H26N4O3S. The standard InChI is InChI=1S/C19H24N4OS.CH2O2/c1-12-8-9-15(11-21-12)22-18(24)17-10-16(13(2)20)19(25-17)23-14-6-4-3-5-7-14;2-1-3/h8-11,14,20,23H,3-7H2,1-2H3,(H,22,24);1H,(H,2,3). The second-order valence-corrected chi connectivity index (χ2v) is 7.76. The molecule has 8 heteroatoms. The zero-order chi connectivity index (χ0) is 20.5. The molecule has 1 fully saturated rings. The Morgan fingerprint density at radius 2 is 2.00 bits per heavy atom. The normalized spacial score (nSPS) is 13.8. The smallest absolute Gasteiger partial charge is 0.290 e. The molecule has 0 saturated heterocycles. The maximum absolute atomic E-state index is 12.6. The molecule has 0 unspecified atom stereocenters. The molecule has 1 aliphatic carbocycles. The lowest BCUT2D eigenvalue weighted by atomic mass is 9.95.